The van der Waals surface area contributed by atoms with Gasteiger partial charge < -0.3 is 24.4 Å². The van der Waals surface area contributed by atoms with E-state index in [9.17, 15) is 14.7 Å². The summed E-state index contributed by atoms with van der Waals surface area (Å²) in [5.41, 5.74) is 1.79. The lowest BCUT2D eigenvalue weighted by Crippen LogP contribution is -2.52. The number of nitrogens with zero attached hydrogens (tertiary/aromatic N) is 4. The van der Waals surface area contributed by atoms with Gasteiger partial charge in [-0.05, 0) is 65.2 Å². The number of fused-ring (bicyclic) bond motifs is 3. The fourth-order valence-corrected chi connectivity index (χ4v) is 13.6. The Morgan fingerprint density at radius 2 is 1.66 bits per heavy atom. The SMILES string of the molecule is COc1ccc([Si](C)(C)[C@@H]2[C@@H](CC(=O)N(CCO)Cc3ccccc3)O[C@]3(C(=O)N(Cc4cccc(-n5ncc6ccccc6c5=O)c4)c4ccc(Cl)cc43)[C@H]2C)cc1. The van der Waals surface area contributed by atoms with Crippen molar-refractivity contribution in [1.29, 1.82) is 0 Å². The first-order chi connectivity index (χ1) is 28.5. The monoisotopic (exact) mass is 826 g/mol. The molecule has 2 aliphatic heterocycles. The quantitative estimate of drug-likeness (QED) is 0.130. The van der Waals surface area contributed by atoms with Gasteiger partial charge in [0.2, 0.25) is 5.91 Å². The molecular weight excluding hydrogens is 780 g/mol. The average molecular weight is 827 g/mol. The minimum atomic E-state index is -2.57. The largest absolute Gasteiger partial charge is 0.497 e. The number of ether oxygens (including phenoxy) is 2. The van der Waals surface area contributed by atoms with Gasteiger partial charge in [-0.1, -0.05) is 110 Å². The Hall–Kier alpha value is -5.59. The van der Waals surface area contributed by atoms with Crippen LogP contribution >= 0.6 is 11.6 Å². The summed E-state index contributed by atoms with van der Waals surface area (Å²) in [7, 11) is -0.931. The summed E-state index contributed by atoms with van der Waals surface area (Å²) in [6.45, 7) is 7.12. The molecule has 1 N–H and O–H groups in total. The third kappa shape index (κ3) is 7.26. The first kappa shape index (κ1) is 40.2. The van der Waals surface area contributed by atoms with Gasteiger partial charge in [-0.15, -0.1) is 0 Å². The van der Waals surface area contributed by atoms with Gasteiger partial charge >= 0.3 is 0 Å². The second kappa shape index (κ2) is 16.2. The molecule has 12 heteroatoms. The van der Waals surface area contributed by atoms with Gasteiger partial charge in [0.1, 0.15) is 5.75 Å². The molecule has 2 aliphatic rings. The highest BCUT2D eigenvalue weighted by molar-refractivity contribution is 6.91. The van der Waals surface area contributed by atoms with Gasteiger partial charge in [-0.25, -0.2) is 0 Å². The zero-order valence-corrected chi connectivity index (χ0v) is 35.3. The maximum atomic E-state index is 15.4. The van der Waals surface area contributed by atoms with E-state index in [0.717, 1.165) is 27.4 Å². The number of carbonyl (C=O) groups is 2. The van der Waals surface area contributed by atoms with Crippen molar-refractivity contribution in [1.82, 2.24) is 14.7 Å². The molecule has 8 rings (SSSR count). The summed E-state index contributed by atoms with van der Waals surface area (Å²) in [6, 6.07) is 38.1. The third-order valence-corrected chi connectivity index (χ3v) is 16.9. The molecule has 1 fully saturated rings. The Balaban J connectivity index is 1.18. The molecular formula is C47H47ClN4O6Si. The molecule has 4 atom stereocenters. The van der Waals surface area contributed by atoms with Gasteiger partial charge in [0, 0.05) is 35.0 Å². The molecule has 0 radical (unpaired) electrons. The van der Waals surface area contributed by atoms with Crippen LogP contribution in [0, 0.1) is 5.92 Å². The second-order valence-corrected chi connectivity index (χ2v) is 21.2. The predicted molar refractivity (Wildman–Crippen MR) is 233 cm³/mol. The molecule has 0 saturated carbocycles. The number of carbonyl (C=O) groups excluding carboxylic acids is 2. The van der Waals surface area contributed by atoms with Crippen LogP contribution in [0.3, 0.4) is 0 Å². The van der Waals surface area contributed by atoms with Crippen molar-refractivity contribution in [3.8, 4) is 11.4 Å². The van der Waals surface area contributed by atoms with E-state index >= 15 is 4.79 Å². The maximum absolute atomic E-state index is 15.4. The smallest absolute Gasteiger partial charge is 0.279 e. The highest BCUT2D eigenvalue weighted by Crippen LogP contribution is 2.60. The molecule has 59 heavy (non-hydrogen) atoms. The summed E-state index contributed by atoms with van der Waals surface area (Å²) in [4.78, 5) is 46.8. The van der Waals surface area contributed by atoms with E-state index in [-0.39, 0.29) is 54.9 Å². The summed E-state index contributed by atoms with van der Waals surface area (Å²) < 4.78 is 14.1. The van der Waals surface area contributed by atoms with E-state index in [2.05, 4.69) is 37.2 Å². The summed E-state index contributed by atoms with van der Waals surface area (Å²) in [5, 5.41) is 17.5. The fourth-order valence-electron chi connectivity index (χ4n) is 9.40. The molecule has 10 nitrogen and oxygen atoms in total. The van der Waals surface area contributed by atoms with Crippen molar-refractivity contribution in [2.75, 3.05) is 25.2 Å². The number of aliphatic hydroxyl groups is 1. The molecule has 1 aromatic heterocycles. The normalized spacial score (nSPS) is 20.0. The topological polar surface area (TPSA) is 114 Å². The van der Waals surface area contributed by atoms with E-state index in [1.54, 1.807) is 35.2 Å². The number of aliphatic hydroxyl groups excluding tert-OH is 1. The Bertz CT molecular complexity index is 2580. The Kier molecular flexibility index (Phi) is 11.1. The van der Waals surface area contributed by atoms with Crippen molar-refractivity contribution in [3.63, 3.8) is 0 Å². The number of methoxy groups -OCH3 is 1. The van der Waals surface area contributed by atoms with Crippen LogP contribution in [-0.2, 0) is 33.0 Å². The van der Waals surface area contributed by atoms with Crippen molar-refractivity contribution in [2.45, 2.75) is 56.8 Å². The summed E-state index contributed by atoms with van der Waals surface area (Å²) in [6.07, 6.45) is 1.06. The fraction of sp³-hybridized carbons (Fsp3) is 0.277. The number of aromatic nitrogens is 2. The van der Waals surface area contributed by atoms with Crippen LogP contribution in [0.5, 0.6) is 5.75 Å². The lowest BCUT2D eigenvalue weighted by Gasteiger charge is -2.37. The summed E-state index contributed by atoms with van der Waals surface area (Å²) in [5.74, 6) is -0.0197. The van der Waals surface area contributed by atoms with Gasteiger partial charge in [-0.3, -0.25) is 14.4 Å². The Morgan fingerprint density at radius 1 is 0.932 bits per heavy atom. The van der Waals surface area contributed by atoms with Crippen LogP contribution in [0.15, 0.2) is 132 Å². The first-order valence-corrected chi connectivity index (χ1v) is 23.3. The van der Waals surface area contributed by atoms with Crippen LogP contribution in [0.1, 0.15) is 30.0 Å². The number of benzene rings is 5. The van der Waals surface area contributed by atoms with E-state index in [0.29, 0.717) is 33.9 Å². The Morgan fingerprint density at radius 3 is 2.41 bits per heavy atom. The van der Waals surface area contributed by atoms with Crippen molar-refractivity contribution >= 4 is 53.1 Å². The lowest BCUT2D eigenvalue weighted by molar-refractivity contribution is -0.150. The molecule has 1 spiro atoms. The van der Waals surface area contributed by atoms with Crippen molar-refractivity contribution in [3.05, 3.63) is 160 Å². The number of rotatable bonds is 12. The highest BCUT2D eigenvalue weighted by Gasteiger charge is 2.66. The lowest BCUT2D eigenvalue weighted by atomic mass is 9.82. The second-order valence-electron chi connectivity index (χ2n) is 16.1. The van der Waals surface area contributed by atoms with Crippen LogP contribution in [0.2, 0.25) is 23.7 Å². The molecule has 3 heterocycles. The molecule has 0 aliphatic carbocycles. The van der Waals surface area contributed by atoms with Gasteiger partial charge in [0.15, 0.2) is 5.60 Å². The number of hydrogen-bond donors (Lipinski definition) is 1. The van der Waals surface area contributed by atoms with Gasteiger partial charge in [0.05, 0.1) is 63.8 Å². The number of halogens is 1. The molecule has 0 unspecified atom stereocenters. The first-order valence-electron chi connectivity index (χ1n) is 19.9. The van der Waals surface area contributed by atoms with Crippen LogP contribution in [0.4, 0.5) is 5.69 Å². The third-order valence-electron chi connectivity index (χ3n) is 12.3. The van der Waals surface area contributed by atoms with E-state index < -0.39 is 19.8 Å². The van der Waals surface area contributed by atoms with E-state index in [4.69, 9.17) is 21.1 Å². The highest BCUT2D eigenvalue weighted by atomic mass is 35.5. The maximum Gasteiger partial charge on any atom is 0.279 e. The molecule has 5 aromatic carbocycles. The minimum Gasteiger partial charge on any atom is -0.497 e. The zero-order chi connectivity index (χ0) is 41.5. The van der Waals surface area contributed by atoms with Gasteiger partial charge in [-0.2, -0.15) is 9.78 Å². The van der Waals surface area contributed by atoms with Crippen LogP contribution in [-0.4, -0.2) is 66.0 Å². The Labute approximate surface area is 349 Å². The zero-order valence-electron chi connectivity index (χ0n) is 33.5. The van der Waals surface area contributed by atoms with Crippen molar-refractivity contribution < 1.29 is 24.2 Å². The number of anilines is 1. The molecule has 0 bridgehead atoms. The molecule has 6 aromatic rings. The number of amides is 2. The van der Waals surface area contributed by atoms with Gasteiger partial charge in [0.25, 0.3) is 11.5 Å². The van der Waals surface area contributed by atoms with Crippen LogP contribution < -0.4 is 20.4 Å². The molecule has 2 amide bonds. The standard InChI is InChI=1S/C47H47ClN4O6Si/c1-31-44(59(3,4)38-20-18-37(57-2)19-21-38)42(27-43(54)50(23-24-53)29-32-11-6-5-7-12-32)58-47(31)40-26-35(48)17-22-41(40)51(46(47)56)30-33-13-10-15-36(25-33)52-45(55)39-16-9-8-14-34(39)28-49-52/h5-22,25-26,28,31,42,44,53H,23-24,27,29-30H2,1-4H3/t31-,42+,44-,47+/m0/s1. The number of hydrogen-bond acceptors (Lipinski definition) is 7. The summed E-state index contributed by atoms with van der Waals surface area (Å²) >= 11 is 6.75. The minimum absolute atomic E-state index is 0.0227. The molecule has 1 saturated heterocycles. The van der Waals surface area contributed by atoms with E-state index in [1.165, 1.54) is 4.68 Å². The molecule has 302 valence electrons. The van der Waals surface area contributed by atoms with Crippen molar-refractivity contribution in [2.24, 2.45) is 5.92 Å². The predicted octanol–water partition coefficient (Wildman–Crippen LogP) is 7.22. The van der Waals surface area contributed by atoms with E-state index in [1.807, 2.05) is 97.1 Å². The van der Waals surface area contributed by atoms with Crippen LogP contribution in [0.25, 0.3) is 16.5 Å². The average Bonchev–Trinajstić information content (AvgIpc) is 3.66.